The minimum Gasteiger partial charge on any atom is -0.367 e. The summed E-state index contributed by atoms with van der Waals surface area (Å²) in [7, 11) is 0. The Bertz CT molecular complexity index is 222. The van der Waals surface area contributed by atoms with E-state index in [0.717, 1.165) is 0 Å². The topological polar surface area (TPSA) is 12.5 Å². The predicted molar refractivity (Wildman–Crippen MR) is 103 cm³/mol. The molecule has 1 fully saturated rings. The van der Waals surface area contributed by atoms with Gasteiger partial charge in [-0.2, -0.15) is 0 Å². The third-order valence-electron chi connectivity index (χ3n) is 5.17. The number of rotatable bonds is 19. The summed E-state index contributed by atoms with van der Waals surface area (Å²) in [6, 6.07) is 0. The first-order valence-electron chi connectivity index (χ1n) is 10.9. The lowest BCUT2D eigenvalue weighted by Crippen LogP contribution is -1.86. The maximum Gasteiger partial charge on any atom is 0.113 e. The van der Waals surface area contributed by atoms with Crippen LogP contribution in [0.3, 0.4) is 0 Å². The van der Waals surface area contributed by atoms with Crippen LogP contribution in [0.5, 0.6) is 0 Å². The van der Waals surface area contributed by atoms with Crippen molar-refractivity contribution in [3.8, 4) is 0 Å². The summed E-state index contributed by atoms with van der Waals surface area (Å²) in [5.41, 5.74) is 0. The minimum absolute atomic E-state index is 0.524. The SMILES string of the molecule is CCCCCCCCCCCCCCCCCCCCC1[CH]O1. The Labute approximate surface area is 147 Å². The second-order valence-electron chi connectivity index (χ2n) is 7.61. The highest BCUT2D eigenvalue weighted by atomic mass is 16.6. The summed E-state index contributed by atoms with van der Waals surface area (Å²) >= 11 is 0. The lowest BCUT2D eigenvalue weighted by molar-refractivity contribution is 0.399. The molecule has 137 valence electrons. The Morgan fingerprint density at radius 1 is 0.522 bits per heavy atom. The van der Waals surface area contributed by atoms with E-state index in [4.69, 9.17) is 4.74 Å². The first-order valence-corrected chi connectivity index (χ1v) is 10.9. The summed E-state index contributed by atoms with van der Waals surface area (Å²) in [5, 5.41) is 0. The van der Waals surface area contributed by atoms with Crippen molar-refractivity contribution in [3.63, 3.8) is 0 Å². The largest absolute Gasteiger partial charge is 0.367 e. The van der Waals surface area contributed by atoms with Crippen LogP contribution in [-0.4, -0.2) is 6.10 Å². The monoisotopic (exact) mass is 323 g/mol. The molecule has 0 aromatic heterocycles. The van der Waals surface area contributed by atoms with E-state index in [1.807, 2.05) is 6.61 Å². The molecule has 23 heavy (non-hydrogen) atoms. The Balaban J connectivity index is 1.59. The molecule has 0 amide bonds. The highest BCUT2D eigenvalue weighted by molar-refractivity contribution is 4.82. The first-order chi connectivity index (χ1) is 11.4. The van der Waals surface area contributed by atoms with Crippen LogP contribution in [0.4, 0.5) is 0 Å². The molecule has 0 saturated carbocycles. The van der Waals surface area contributed by atoms with Crippen molar-refractivity contribution in [3.05, 3.63) is 6.61 Å². The van der Waals surface area contributed by atoms with Crippen LogP contribution in [0, 0.1) is 6.61 Å². The molecule has 0 N–H and O–H groups in total. The van der Waals surface area contributed by atoms with E-state index in [1.54, 1.807) is 0 Å². The second-order valence-corrected chi connectivity index (χ2v) is 7.61. The van der Waals surface area contributed by atoms with Crippen LogP contribution in [0.25, 0.3) is 0 Å². The molecule has 0 aliphatic carbocycles. The Hall–Kier alpha value is -0.0400. The minimum atomic E-state index is 0.524. The molecule has 1 aliphatic rings. The highest BCUT2D eigenvalue weighted by Crippen LogP contribution is 2.22. The molecular weight excluding hydrogens is 280 g/mol. The van der Waals surface area contributed by atoms with E-state index in [1.165, 1.54) is 122 Å². The quantitative estimate of drug-likeness (QED) is 0.173. The van der Waals surface area contributed by atoms with Crippen molar-refractivity contribution in [2.75, 3.05) is 0 Å². The van der Waals surface area contributed by atoms with Gasteiger partial charge in [-0.05, 0) is 6.42 Å². The fourth-order valence-corrected chi connectivity index (χ4v) is 3.44. The summed E-state index contributed by atoms with van der Waals surface area (Å²) in [6.07, 6.45) is 28.0. The molecule has 1 rings (SSSR count). The van der Waals surface area contributed by atoms with Crippen molar-refractivity contribution in [1.82, 2.24) is 0 Å². The molecule has 0 spiro atoms. The second kappa shape index (κ2) is 16.8. The van der Waals surface area contributed by atoms with Crippen molar-refractivity contribution in [1.29, 1.82) is 0 Å². The molecule has 1 aliphatic heterocycles. The van der Waals surface area contributed by atoms with E-state index in [2.05, 4.69) is 6.92 Å². The lowest BCUT2D eigenvalue weighted by Gasteiger charge is -2.03. The molecular formula is C22H43O. The van der Waals surface area contributed by atoms with Crippen LogP contribution in [0.15, 0.2) is 0 Å². The number of ether oxygens (including phenoxy) is 1. The average molecular weight is 324 g/mol. The maximum atomic E-state index is 5.12. The Morgan fingerprint density at radius 2 is 0.826 bits per heavy atom. The zero-order valence-corrected chi connectivity index (χ0v) is 16.0. The fourth-order valence-electron chi connectivity index (χ4n) is 3.44. The van der Waals surface area contributed by atoms with E-state index in [9.17, 15) is 0 Å². The third-order valence-corrected chi connectivity index (χ3v) is 5.17. The van der Waals surface area contributed by atoms with Gasteiger partial charge in [0.1, 0.15) is 6.61 Å². The van der Waals surface area contributed by atoms with Crippen molar-refractivity contribution >= 4 is 0 Å². The smallest absolute Gasteiger partial charge is 0.113 e. The molecule has 1 saturated heterocycles. The van der Waals surface area contributed by atoms with Crippen molar-refractivity contribution in [2.45, 2.75) is 135 Å². The van der Waals surface area contributed by atoms with Gasteiger partial charge in [0.15, 0.2) is 0 Å². The summed E-state index contributed by atoms with van der Waals surface area (Å²) in [5.74, 6) is 0. The van der Waals surface area contributed by atoms with Gasteiger partial charge in [0, 0.05) is 0 Å². The van der Waals surface area contributed by atoms with Gasteiger partial charge in [0.2, 0.25) is 0 Å². The Kier molecular flexibility index (Phi) is 15.3. The van der Waals surface area contributed by atoms with Crippen LogP contribution in [0.1, 0.15) is 129 Å². The molecule has 1 heteroatoms. The number of hydrogen-bond acceptors (Lipinski definition) is 1. The van der Waals surface area contributed by atoms with Gasteiger partial charge in [0.25, 0.3) is 0 Å². The van der Waals surface area contributed by atoms with Gasteiger partial charge in [-0.15, -0.1) is 0 Å². The Morgan fingerprint density at radius 3 is 1.13 bits per heavy atom. The third kappa shape index (κ3) is 16.6. The van der Waals surface area contributed by atoms with E-state index < -0.39 is 0 Å². The fraction of sp³-hybridized carbons (Fsp3) is 0.955. The lowest BCUT2D eigenvalue weighted by atomic mass is 10.0. The number of hydrogen-bond donors (Lipinski definition) is 0. The van der Waals surface area contributed by atoms with E-state index in [0.29, 0.717) is 6.10 Å². The van der Waals surface area contributed by atoms with Crippen molar-refractivity contribution in [2.24, 2.45) is 0 Å². The normalized spacial score (nSPS) is 16.8. The summed E-state index contributed by atoms with van der Waals surface area (Å²) in [6.45, 7) is 4.26. The first kappa shape index (κ1) is 21.0. The zero-order chi connectivity index (χ0) is 16.4. The van der Waals surface area contributed by atoms with Gasteiger partial charge >= 0.3 is 0 Å². The van der Waals surface area contributed by atoms with Crippen LogP contribution >= 0.6 is 0 Å². The molecule has 0 aromatic rings. The number of unbranched alkanes of at least 4 members (excludes halogenated alkanes) is 17. The average Bonchev–Trinajstić information content (AvgIpc) is 3.38. The van der Waals surface area contributed by atoms with E-state index in [-0.39, 0.29) is 0 Å². The van der Waals surface area contributed by atoms with Gasteiger partial charge in [-0.1, -0.05) is 122 Å². The molecule has 1 unspecified atom stereocenters. The van der Waals surface area contributed by atoms with Gasteiger partial charge in [-0.25, -0.2) is 0 Å². The molecule has 0 aromatic carbocycles. The summed E-state index contributed by atoms with van der Waals surface area (Å²) < 4.78 is 5.12. The van der Waals surface area contributed by atoms with Crippen molar-refractivity contribution < 1.29 is 4.74 Å². The predicted octanol–water partition coefficient (Wildman–Crippen LogP) is 7.98. The van der Waals surface area contributed by atoms with Gasteiger partial charge in [-0.3, -0.25) is 0 Å². The summed E-state index contributed by atoms with van der Waals surface area (Å²) in [4.78, 5) is 0. The maximum absolute atomic E-state index is 5.12. The van der Waals surface area contributed by atoms with E-state index >= 15 is 0 Å². The van der Waals surface area contributed by atoms with Crippen LogP contribution < -0.4 is 0 Å². The van der Waals surface area contributed by atoms with Gasteiger partial charge < -0.3 is 4.74 Å². The molecule has 1 radical (unpaired) electrons. The van der Waals surface area contributed by atoms with Crippen LogP contribution in [0.2, 0.25) is 0 Å². The van der Waals surface area contributed by atoms with Gasteiger partial charge in [0.05, 0.1) is 6.10 Å². The molecule has 0 bridgehead atoms. The highest BCUT2D eigenvalue weighted by Gasteiger charge is 2.22. The molecule has 1 heterocycles. The molecule has 1 atom stereocenters. The van der Waals surface area contributed by atoms with Crippen LogP contribution in [-0.2, 0) is 4.74 Å². The zero-order valence-electron chi connectivity index (χ0n) is 16.0. The number of epoxide rings is 1. The standard InChI is InChI=1S/C22H43O/c1-2-3-4-5-6-7-8-9-10-11-12-13-14-15-16-17-18-19-20-22-21-23-22/h21-22H,2-20H2,1H3. The molecule has 1 nitrogen and oxygen atoms in total.